The highest BCUT2D eigenvalue weighted by molar-refractivity contribution is 8.00. The molecule has 0 radical (unpaired) electrons. The fourth-order valence-corrected chi connectivity index (χ4v) is 2.31. The zero-order chi connectivity index (χ0) is 10.8. The van der Waals surface area contributed by atoms with Gasteiger partial charge in [0.25, 0.3) is 0 Å². The molecule has 0 saturated carbocycles. The monoisotopic (exact) mass is 225 g/mol. The van der Waals surface area contributed by atoms with Crippen LogP contribution in [0.15, 0.2) is 23.1 Å². The molecule has 0 aliphatic carbocycles. The van der Waals surface area contributed by atoms with Crippen LogP contribution in [0.5, 0.6) is 0 Å². The van der Waals surface area contributed by atoms with Crippen LogP contribution in [0.1, 0.15) is 26.3 Å². The first-order valence-electron chi connectivity index (χ1n) is 4.31. The summed E-state index contributed by atoms with van der Waals surface area (Å²) in [5, 5.41) is 9.23. The van der Waals surface area contributed by atoms with Gasteiger partial charge in [0.15, 0.2) is 0 Å². The van der Waals surface area contributed by atoms with Crippen molar-refractivity contribution in [3.05, 3.63) is 28.8 Å². The standard InChI is InChI=1S/C11H12ClNS/c1-11(2,3)14-9-5-4-8(7-13)10(12)6-9/h4-6H,1-3H3. The van der Waals surface area contributed by atoms with Crippen molar-refractivity contribution in [1.82, 2.24) is 0 Å². The third-order valence-electron chi connectivity index (χ3n) is 1.49. The molecule has 0 aliphatic heterocycles. The van der Waals surface area contributed by atoms with Crippen LogP contribution in [-0.4, -0.2) is 4.75 Å². The molecular formula is C11H12ClNS. The van der Waals surface area contributed by atoms with E-state index in [1.54, 1.807) is 17.8 Å². The lowest BCUT2D eigenvalue weighted by Gasteiger charge is -2.17. The van der Waals surface area contributed by atoms with E-state index in [2.05, 4.69) is 20.8 Å². The molecule has 0 N–H and O–H groups in total. The van der Waals surface area contributed by atoms with Gasteiger partial charge in [0.2, 0.25) is 0 Å². The van der Waals surface area contributed by atoms with Gasteiger partial charge in [0.1, 0.15) is 6.07 Å². The van der Waals surface area contributed by atoms with Crippen molar-refractivity contribution in [3.8, 4) is 6.07 Å². The second-order valence-corrected chi connectivity index (χ2v) is 6.28. The summed E-state index contributed by atoms with van der Waals surface area (Å²) in [4.78, 5) is 1.10. The topological polar surface area (TPSA) is 23.8 Å². The SMILES string of the molecule is CC(C)(C)Sc1ccc(C#N)c(Cl)c1. The van der Waals surface area contributed by atoms with E-state index in [1.165, 1.54) is 0 Å². The summed E-state index contributed by atoms with van der Waals surface area (Å²) in [5.41, 5.74) is 0.532. The van der Waals surface area contributed by atoms with Crippen molar-refractivity contribution in [2.24, 2.45) is 0 Å². The van der Waals surface area contributed by atoms with Gasteiger partial charge in [0.05, 0.1) is 10.6 Å². The average molecular weight is 226 g/mol. The van der Waals surface area contributed by atoms with Crippen molar-refractivity contribution >= 4 is 23.4 Å². The first-order valence-corrected chi connectivity index (χ1v) is 5.50. The van der Waals surface area contributed by atoms with Gasteiger partial charge in [-0.1, -0.05) is 32.4 Å². The minimum absolute atomic E-state index is 0.164. The Labute approximate surface area is 94.1 Å². The van der Waals surface area contributed by atoms with Gasteiger partial charge in [0, 0.05) is 9.64 Å². The van der Waals surface area contributed by atoms with Gasteiger partial charge in [-0.3, -0.25) is 0 Å². The van der Waals surface area contributed by atoms with Crippen LogP contribution in [0.25, 0.3) is 0 Å². The predicted octanol–water partition coefficient (Wildman–Crippen LogP) is 4.10. The Morgan fingerprint density at radius 1 is 1.36 bits per heavy atom. The molecular weight excluding hydrogens is 214 g/mol. The third-order valence-corrected chi connectivity index (χ3v) is 2.90. The number of hydrogen-bond donors (Lipinski definition) is 0. The molecule has 0 aromatic heterocycles. The first kappa shape index (κ1) is 11.4. The Morgan fingerprint density at radius 3 is 2.43 bits per heavy atom. The Hall–Kier alpha value is -0.650. The quantitative estimate of drug-likeness (QED) is 0.672. The number of nitrogens with zero attached hydrogens (tertiary/aromatic N) is 1. The number of halogens is 1. The molecule has 0 saturated heterocycles. The number of nitriles is 1. The molecule has 0 aliphatic rings. The van der Waals surface area contributed by atoms with Crippen molar-refractivity contribution in [2.45, 2.75) is 30.4 Å². The van der Waals surface area contributed by atoms with Crippen molar-refractivity contribution in [2.75, 3.05) is 0 Å². The predicted molar refractivity (Wildman–Crippen MR) is 61.8 cm³/mol. The molecule has 0 spiro atoms. The lowest BCUT2D eigenvalue weighted by molar-refractivity contribution is 0.803. The lowest BCUT2D eigenvalue weighted by atomic mass is 10.2. The van der Waals surface area contributed by atoms with E-state index in [4.69, 9.17) is 16.9 Å². The highest BCUT2D eigenvalue weighted by Crippen LogP contribution is 2.33. The van der Waals surface area contributed by atoms with Crippen LogP contribution in [-0.2, 0) is 0 Å². The summed E-state index contributed by atoms with van der Waals surface area (Å²) < 4.78 is 0.164. The van der Waals surface area contributed by atoms with Crippen LogP contribution in [0.3, 0.4) is 0 Å². The van der Waals surface area contributed by atoms with Crippen LogP contribution < -0.4 is 0 Å². The number of hydrogen-bond acceptors (Lipinski definition) is 2. The highest BCUT2D eigenvalue weighted by atomic mass is 35.5. The smallest absolute Gasteiger partial charge is 0.101 e. The number of thioether (sulfide) groups is 1. The summed E-state index contributed by atoms with van der Waals surface area (Å²) in [6.07, 6.45) is 0. The molecule has 74 valence electrons. The lowest BCUT2D eigenvalue weighted by Crippen LogP contribution is -2.06. The largest absolute Gasteiger partial charge is 0.192 e. The summed E-state index contributed by atoms with van der Waals surface area (Å²) in [6, 6.07) is 7.58. The average Bonchev–Trinajstić information content (AvgIpc) is 2.01. The molecule has 0 unspecified atom stereocenters. The van der Waals surface area contributed by atoms with E-state index in [9.17, 15) is 0 Å². The molecule has 0 amide bonds. The highest BCUT2D eigenvalue weighted by Gasteiger charge is 2.12. The Bertz CT molecular complexity index is 374. The molecule has 1 aromatic carbocycles. The van der Waals surface area contributed by atoms with Crippen LogP contribution in [0.4, 0.5) is 0 Å². The molecule has 0 heterocycles. The summed E-state index contributed by atoms with van der Waals surface area (Å²) in [7, 11) is 0. The maximum Gasteiger partial charge on any atom is 0.101 e. The summed E-state index contributed by atoms with van der Waals surface area (Å²) >= 11 is 7.66. The Morgan fingerprint density at radius 2 is 2.00 bits per heavy atom. The van der Waals surface area contributed by atoms with Crippen molar-refractivity contribution in [3.63, 3.8) is 0 Å². The van der Waals surface area contributed by atoms with E-state index in [-0.39, 0.29) is 4.75 Å². The second kappa shape index (κ2) is 4.25. The summed E-state index contributed by atoms with van der Waals surface area (Å²) in [6.45, 7) is 6.43. The van der Waals surface area contributed by atoms with Gasteiger partial charge in [-0.2, -0.15) is 5.26 Å². The van der Waals surface area contributed by atoms with Crippen molar-refractivity contribution in [1.29, 1.82) is 5.26 Å². The fourth-order valence-electron chi connectivity index (χ4n) is 1.00. The van der Waals surface area contributed by atoms with Crippen molar-refractivity contribution < 1.29 is 0 Å². The molecule has 3 heteroatoms. The van der Waals surface area contributed by atoms with Gasteiger partial charge in [-0.05, 0) is 18.2 Å². The maximum atomic E-state index is 8.70. The molecule has 1 nitrogen and oxygen atoms in total. The first-order chi connectivity index (χ1) is 6.42. The van der Waals surface area contributed by atoms with E-state index >= 15 is 0 Å². The van der Waals surface area contributed by atoms with E-state index in [0.717, 1.165) is 4.90 Å². The van der Waals surface area contributed by atoms with Crippen LogP contribution in [0, 0.1) is 11.3 Å². The zero-order valence-electron chi connectivity index (χ0n) is 8.47. The molecule has 1 aromatic rings. The second-order valence-electron chi connectivity index (χ2n) is 3.97. The van der Waals surface area contributed by atoms with E-state index in [1.807, 2.05) is 18.2 Å². The minimum atomic E-state index is 0.164. The van der Waals surface area contributed by atoms with Gasteiger partial charge >= 0.3 is 0 Å². The van der Waals surface area contributed by atoms with Crippen LogP contribution >= 0.6 is 23.4 Å². The molecule has 0 fully saturated rings. The van der Waals surface area contributed by atoms with Gasteiger partial charge in [-0.25, -0.2) is 0 Å². The van der Waals surface area contributed by atoms with Crippen LogP contribution in [0.2, 0.25) is 5.02 Å². The number of benzene rings is 1. The fraction of sp³-hybridized carbons (Fsp3) is 0.364. The zero-order valence-corrected chi connectivity index (χ0v) is 10.0. The van der Waals surface area contributed by atoms with Gasteiger partial charge in [-0.15, -0.1) is 11.8 Å². The van der Waals surface area contributed by atoms with E-state index < -0.39 is 0 Å². The van der Waals surface area contributed by atoms with E-state index in [0.29, 0.717) is 10.6 Å². The minimum Gasteiger partial charge on any atom is -0.192 e. The molecule has 14 heavy (non-hydrogen) atoms. The molecule has 0 atom stereocenters. The maximum absolute atomic E-state index is 8.70. The normalized spacial score (nSPS) is 11.1. The third kappa shape index (κ3) is 3.25. The number of rotatable bonds is 1. The molecule has 1 rings (SSSR count). The summed E-state index contributed by atoms with van der Waals surface area (Å²) in [5.74, 6) is 0. The molecule has 0 bridgehead atoms. The van der Waals surface area contributed by atoms with Gasteiger partial charge < -0.3 is 0 Å². The Kier molecular flexibility index (Phi) is 3.47. The Balaban J connectivity index is 2.94.